The van der Waals surface area contributed by atoms with Gasteiger partial charge in [0.25, 0.3) is 0 Å². The van der Waals surface area contributed by atoms with E-state index in [4.69, 9.17) is 9.15 Å². The number of benzene rings is 1. The summed E-state index contributed by atoms with van der Waals surface area (Å²) in [7, 11) is 0. The van der Waals surface area contributed by atoms with E-state index in [-0.39, 0.29) is 12.6 Å². The van der Waals surface area contributed by atoms with Crippen LogP contribution in [0.3, 0.4) is 0 Å². The largest absolute Gasteiger partial charge is 0.485 e. The van der Waals surface area contributed by atoms with Crippen molar-refractivity contribution in [3.8, 4) is 5.75 Å². The molecule has 8 heteroatoms. The summed E-state index contributed by atoms with van der Waals surface area (Å²) in [6.45, 7) is 4.87. The average molecular weight is 381 g/mol. The number of carbonyl (C=O) groups excluding carboxylic acids is 1. The van der Waals surface area contributed by atoms with Crippen LogP contribution in [-0.2, 0) is 19.6 Å². The van der Waals surface area contributed by atoms with E-state index in [1.54, 1.807) is 23.2 Å². The Morgan fingerprint density at radius 3 is 2.61 bits per heavy atom. The second-order valence-electron chi connectivity index (χ2n) is 5.99. The van der Waals surface area contributed by atoms with Gasteiger partial charge in [-0.3, -0.25) is 4.98 Å². The molecule has 3 rings (SSSR count). The molecule has 3 aromatic rings. The van der Waals surface area contributed by atoms with Gasteiger partial charge in [0.05, 0.1) is 11.4 Å². The predicted molar refractivity (Wildman–Crippen MR) is 104 cm³/mol. The van der Waals surface area contributed by atoms with Crippen LogP contribution in [0, 0.1) is 0 Å². The third-order valence-corrected chi connectivity index (χ3v) is 4.04. The zero-order valence-electron chi connectivity index (χ0n) is 16.0. The lowest BCUT2D eigenvalue weighted by molar-refractivity contribution is 0.205. The van der Waals surface area contributed by atoms with Crippen molar-refractivity contribution < 1.29 is 13.9 Å². The van der Waals surface area contributed by atoms with Crippen LogP contribution in [-0.4, -0.2) is 32.7 Å². The first-order valence-electron chi connectivity index (χ1n) is 9.18. The highest BCUT2D eigenvalue weighted by Crippen LogP contribution is 2.25. The van der Waals surface area contributed by atoms with E-state index >= 15 is 0 Å². The lowest BCUT2D eigenvalue weighted by Crippen LogP contribution is -2.34. The van der Waals surface area contributed by atoms with Crippen molar-refractivity contribution in [2.75, 3.05) is 11.9 Å². The Hall–Kier alpha value is -3.42. The number of aromatic nitrogens is 3. The molecule has 0 saturated carbocycles. The van der Waals surface area contributed by atoms with E-state index in [0.29, 0.717) is 42.8 Å². The van der Waals surface area contributed by atoms with Gasteiger partial charge in [-0.1, -0.05) is 25.1 Å². The Morgan fingerprint density at radius 1 is 1.11 bits per heavy atom. The predicted octanol–water partition coefficient (Wildman–Crippen LogP) is 3.66. The maximum Gasteiger partial charge on any atom is 0.322 e. The fourth-order valence-electron chi connectivity index (χ4n) is 2.51. The number of hydrogen-bond acceptors (Lipinski definition) is 6. The molecule has 28 heavy (non-hydrogen) atoms. The van der Waals surface area contributed by atoms with E-state index < -0.39 is 0 Å². The van der Waals surface area contributed by atoms with Crippen molar-refractivity contribution in [2.24, 2.45) is 0 Å². The molecule has 2 heterocycles. The van der Waals surface area contributed by atoms with Crippen LogP contribution < -0.4 is 10.1 Å². The number of nitrogens with one attached hydrogen (secondary N) is 1. The van der Waals surface area contributed by atoms with Gasteiger partial charge in [0.2, 0.25) is 11.8 Å². The fourth-order valence-corrected chi connectivity index (χ4v) is 2.51. The minimum Gasteiger partial charge on any atom is -0.485 e. The molecule has 0 saturated heterocycles. The summed E-state index contributed by atoms with van der Waals surface area (Å²) in [6, 6.07) is 12.7. The molecular formula is C20H23N5O3. The standard InChI is InChI=1S/C20H23N5O3/c1-3-18-23-24-19(28-18)13-25(4-2)20(26)22-16-10-5-6-11-17(16)27-14-15-9-7-8-12-21-15/h5-12H,3-4,13-14H2,1-2H3,(H,22,26). The Morgan fingerprint density at radius 2 is 1.89 bits per heavy atom. The topological polar surface area (TPSA) is 93.4 Å². The molecule has 1 N–H and O–H groups in total. The molecule has 0 fully saturated rings. The lowest BCUT2D eigenvalue weighted by atomic mass is 10.3. The van der Waals surface area contributed by atoms with E-state index in [1.165, 1.54) is 0 Å². The molecule has 2 aromatic heterocycles. The maximum absolute atomic E-state index is 12.7. The average Bonchev–Trinajstić information content (AvgIpc) is 3.20. The summed E-state index contributed by atoms with van der Waals surface area (Å²) in [6.07, 6.45) is 2.37. The molecule has 8 nitrogen and oxygen atoms in total. The zero-order valence-corrected chi connectivity index (χ0v) is 16.0. The van der Waals surface area contributed by atoms with Crippen LogP contribution in [0.15, 0.2) is 53.1 Å². The van der Waals surface area contributed by atoms with Gasteiger partial charge in [-0.25, -0.2) is 4.79 Å². The third-order valence-electron chi connectivity index (χ3n) is 4.04. The Balaban J connectivity index is 1.65. The van der Waals surface area contributed by atoms with Gasteiger partial charge < -0.3 is 19.4 Å². The monoisotopic (exact) mass is 381 g/mol. The highest BCUT2D eigenvalue weighted by Gasteiger charge is 2.17. The summed E-state index contributed by atoms with van der Waals surface area (Å²) in [4.78, 5) is 18.5. The first-order chi connectivity index (χ1) is 13.7. The van der Waals surface area contributed by atoms with Crippen molar-refractivity contribution in [3.05, 3.63) is 66.1 Å². The molecule has 146 valence electrons. The highest BCUT2D eigenvalue weighted by atomic mass is 16.5. The molecule has 0 atom stereocenters. The first kappa shape index (κ1) is 19.3. The Kier molecular flexibility index (Phi) is 6.56. The zero-order chi connectivity index (χ0) is 19.8. The smallest absolute Gasteiger partial charge is 0.322 e. The molecule has 0 aliphatic rings. The summed E-state index contributed by atoms with van der Waals surface area (Å²) in [5.74, 6) is 1.54. The molecule has 1 aromatic carbocycles. The second-order valence-corrected chi connectivity index (χ2v) is 5.99. The molecule has 0 bridgehead atoms. The fraction of sp³-hybridized carbons (Fsp3) is 0.300. The van der Waals surface area contributed by atoms with E-state index in [9.17, 15) is 4.79 Å². The van der Waals surface area contributed by atoms with Crippen LogP contribution in [0.25, 0.3) is 0 Å². The van der Waals surface area contributed by atoms with Crippen molar-refractivity contribution in [2.45, 2.75) is 33.4 Å². The van der Waals surface area contributed by atoms with Gasteiger partial charge in [-0.2, -0.15) is 0 Å². The quantitative estimate of drug-likeness (QED) is 0.640. The van der Waals surface area contributed by atoms with Crippen LogP contribution in [0.5, 0.6) is 5.75 Å². The van der Waals surface area contributed by atoms with Crippen molar-refractivity contribution >= 4 is 11.7 Å². The van der Waals surface area contributed by atoms with Crippen LogP contribution in [0.1, 0.15) is 31.3 Å². The molecule has 2 amide bonds. The number of carbonyl (C=O) groups is 1. The van der Waals surface area contributed by atoms with Crippen LogP contribution >= 0.6 is 0 Å². The molecule has 0 spiro atoms. The summed E-state index contributed by atoms with van der Waals surface area (Å²) in [5, 5.41) is 10.8. The summed E-state index contributed by atoms with van der Waals surface area (Å²) < 4.78 is 11.3. The van der Waals surface area contributed by atoms with Gasteiger partial charge in [-0.15, -0.1) is 10.2 Å². The first-order valence-corrected chi connectivity index (χ1v) is 9.18. The maximum atomic E-state index is 12.7. The third kappa shape index (κ3) is 5.06. The van der Waals surface area contributed by atoms with Gasteiger partial charge in [0.15, 0.2) is 0 Å². The van der Waals surface area contributed by atoms with Crippen molar-refractivity contribution in [1.29, 1.82) is 0 Å². The Labute approximate surface area is 163 Å². The number of rotatable bonds is 8. The molecule has 0 radical (unpaired) electrons. The number of amides is 2. The highest BCUT2D eigenvalue weighted by molar-refractivity contribution is 5.90. The SMILES string of the molecule is CCc1nnc(CN(CC)C(=O)Nc2ccccc2OCc2ccccn2)o1. The number of anilines is 1. The number of nitrogens with zero attached hydrogens (tertiary/aromatic N) is 4. The number of urea groups is 1. The minimum absolute atomic E-state index is 0.242. The van der Waals surface area contributed by atoms with E-state index in [1.807, 2.05) is 44.2 Å². The molecule has 0 aliphatic carbocycles. The minimum atomic E-state index is -0.271. The van der Waals surface area contributed by atoms with Crippen LogP contribution in [0.2, 0.25) is 0 Å². The van der Waals surface area contributed by atoms with Crippen LogP contribution in [0.4, 0.5) is 10.5 Å². The molecular weight excluding hydrogens is 358 g/mol. The molecule has 0 unspecified atom stereocenters. The van der Waals surface area contributed by atoms with E-state index in [2.05, 4.69) is 20.5 Å². The molecule has 0 aliphatic heterocycles. The van der Waals surface area contributed by atoms with Gasteiger partial charge in [0.1, 0.15) is 18.9 Å². The van der Waals surface area contributed by atoms with Gasteiger partial charge >= 0.3 is 6.03 Å². The summed E-state index contributed by atoms with van der Waals surface area (Å²) >= 11 is 0. The lowest BCUT2D eigenvalue weighted by Gasteiger charge is -2.20. The number of para-hydroxylation sites is 2. The second kappa shape index (κ2) is 9.50. The number of pyridine rings is 1. The Bertz CT molecular complexity index is 898. The number of aryl methyl sites for hydroxylation is 1. The van der Waals surface area contributed by atoms with Crippen molar-refractivity contribution in [1.82, 2.24) is 20.1 Å². The van der Waals surface area contributed by atoms with Crippen molar-refractivity contribution in [3.63, 3.8) is 0 Å². The van der Waals surface area contributed by atoms with Gasteiger partial charge in [0, 0.05) is 19.2 Å². The number of ether oxygens (including phenoxy) is 1. The number of hydrogen-bond donors (Lipinski definition) is 1. The summed E-state index contributed by atoms with van der Waals surface area (Å²) in [5.41, 5.74) is 1.39. The normalized spacial score (nSPS) is 10.5. The van der Waals surface area contributed by atoms with E-state index in [0.717, 1.165) is 5.69 Å². The van der Waals surface area contributed by atoms with Gasteiger partial charge in [-0.05, 0) is 31.2 Å².